The van der Waals surface area contributed by atoms with Gasteiger partial charge in [0, 0.05) is 14.9 Å². The first kappa shape index (κ1) is 12.5. The second kappa shape index (κ2) is 5.61. The average molecular weight is 309 g/mol. The van der Waals surface area contributed by atoms with Crippen molar-refractivity contribution in [2.45, 2.75) is 4.90 Å². The predicted octanol–water partition coefficient (Wildman–Crippen LogP) is 4.85. The van der Waals surface area contributed by atoms with Crippen molar-refractivity contribution in [2.75, 3.05) is 13.4 Å². The molecule has 0 amide bonds. The maximum atomic E-state index is 5.38. The molecule has 0 spiro atoms. The first-order chi connectivity index (χ1) is 8.26. The second-order valence-electron chi connectivity index (χ2n) is 3.55. The fraction of sp³-hybridized carbons (Fsp3) is 0.143. The fourth-order valence-electron chi connectivity index (χ4n) is 1.72. The Labute approximate surface area is 114 Å². The molecule has 0 heterocycles. The molecule has 0 radical (unpaired) electrons. The van der Waals surface area contributed by atoms with E-state index in [1.54, 1.807) is 18.9 Å². The molecule has 0 aromatic heterocycles. The third-order valence-corrected chi connectivity index (χ3v) is 4.28. The van der Waals surface area contributed by atoms with Crippen molar-refractivity contribution in [3.05, 3.63) is 46.9 Å². The van der Waals surface area contributed by atoms with Crippen molar-refractivity contribution in [1.82, 2.24) is 0 Å². The van der Waals surface area contributed by atoms with Gasteiger partial charge < -0.3 is 4.74 Å². The molecule has 0 N–H and O–H groups in total. The van der Waals surface area contributed by atoms with Gasteiger partial charge in [0.25, 0.3) is 0 Å². The second-order valence-corrected chi connectivity index (χ2v) is 5.25. The summed E-state index contributed by atoms with van der Waals surface area (Å²) in [7, 11) is 1.70. The maximum Gasteiger partial charge on any atom is 0.126 e. The minimum atomic E-state index is 0.899. The zero-order valence-corrected chi connectivity index (χ0v) is 12.1. The Bertz CT molecular complexity index is 525. The van der Waals surface area contributed by atoms with Gasteiger partial charge in [0.05, 0.1) is 7.11 Å². The van der Waals surface area contributed by atoms with Crippen LogP contribution < -0.4 is 4.74 Å². The van der Waals surface area contributed by atoms with E-state index in [0.29, 0.717) is 0 Å². The van der Waals surface area contributed by atoms with Gasteiger partial charge in [0.15, 0.2) is 0 Å². The van der Waals surface area contributed by atoms with Gasteiger partial charge in [-0.3, -0.25) is 0 Å². The molecule has 0 aliphatic carbocycles. The largest absolute Gasteiger partial charge is 0.496 e. The summed E-state index contributed by atoms with van der Waals surface area (Å²) in [5.74, 6) is 0.899. The molecule has 17 heavy (non-hydrogen) atoms. The molecule has 0 aliphatic heterocycles. The lowest BCUT2D eigenvalue weighted by atomic mass is 10.1. The number of ether oxygens (including phenoxy) is 1. The number of halogens is 1. The SMILES string of the molecule is COc1ccccc1-c1ccc(SC)c(Br)c1. The zero-order valence-electron chi connectivity index (χ0n) is 9.74. The number of hydrogen-bond acceptors (Lipinski definition) is 2. The zero-order chi connectivity index (χ0) is 12.3. The Kier molecular flexibility index (Phi) is 4.13. The Morgan fingerprint density at radius 3 is 2.53 bits per heavy atom. The van der Waals surface area contributed by atoms with Gasteiger partial charge in [-0.2, -0.15) is 0 Å². The van der Waals surface area contributed by atoms with Crippen LogP contribution in [0.1, 0.15) is 0 Å². The normalized spacial score (nSPS) is 10.3. The highest BCUT2D eigenvalue weighted by atomic mass is 79.9. The average Bonchev–Trinajstić information content (AvgIpc) is 2.38. The number of thioether (sulfide) groups is 1. The minimum Gasteiger partial charge on any atom is -0.496 e. The smallest absolute Gasteiger partial charge is 0.126 e. The molecule has 0 aliphatic rings. The van der Waals surface area contributed by atoms with Gasteiger partial charge in [0.2, 0.25) is 0 Å². The highest BCUT2D eigenvalue weighted by molar-refractivity contribution is 9.10. The van der Waals surface area contributed by atoms with E-state index < -0.39 is 0 Å². The highest BCUT2D eigenvalue weighted by Gasteiger charge is 2.06. The monoisotopic (exact) mass is 308 g/mol. The Morgan fingerprint density at radius 2 is 1.88 bits per heavy atom. The molecule has 3 heteroatoms. The van der Waals surface area contributed by atoms with Gasteiger partial charge in [-0.05, 0) is 45.9 Å². The molecular formula is C14H13BrOS. The Hall–Kier alpha value is -0.930. The highest BCUT2D eigenvalue weighted by Crippen LogP contribution is 2.34. The van der Waals surface area contributed by atoms with Crippen molar-refractivity contribution < 1.29 is 4.74 Å². The van der Waals surface area contributed by atoms with E-state index in [2.05, 4.69) is 46.5 Å². The minimum absolute atomic E-state index is 0.899. The summed E-state index contributed by atoms with van der Waals surface area (Å²) in [6.45, 7) is 0. The Balaban J connectivity index is 2.49. The third kappa shape index (κ3) is 2.67. The fourth-order valence-corrected chi connectivity index (χ4v) is 3.04. The first-order valence-corrected chi connectivity index (χ1v) is 7.25. The van der Waals surface area contributed by atoms with Crippen LogP contribution in [0.25, 0.3) is 11.1 Å². The van der Waals surface area contributed by atoms with E-state index in [9.17, 15) is 0 Å². The molecule has 0 bridgehead atoms. The van der Waals surface area contributed by atoms with Crippen LogP contribution in [0.2, 0.25) is 0 Å². The topological polar surface area (TPSA) is 9.23 Å². The number of benzene rings is 2. The van der Waals surface area contributed by atoms with Gasteiger partial charge in [-0.15, -0.1) is 11.8 Å². The molecule has 0 fully saturated rings. The van der Waals surface area contributed by atoms with Crippen LogP contribution in [-0.2, 0) is 0 Å². The van der Waals surface area contributed by atoms with Crippen LogP contribution in [0.3, 0.4) is 0 Å². The van der Waals surface area contributed by atoms with Crippen LogP contribution in [0, 0.1) is 0 Å². The molecule has 0 unspecified atom stereocenters. The van der Waals surface area contributed by atoms with Crippen molar-refractivity contribution in [3.63, 3.8) is 0 Å². The Morgan fingerprint density at radius 1 is 1.12 bits per heavy atom. The lowest BCUT2D eigenvalue weighted by Crippen LogP contribution is -1.87. The van der Waals surface area contributed by atoms with E-state index in [4.69, 9.17) is 4.74 Å². The summed E-state index contributed by atoms with van der Waals surface area (Å²) in [6, 6.07) is 14.4. The van der Waals surface area contributed by atoms with Crippen LogP contribution in [0.4, 0.5) is 0 Å². The quantitative estimate of drug-likeness (QED) is 0.750. The summed E-state index contributed by atoms with van der Waals surface area (Å²) in [6.07, 6.45) is 2.07. The van der Waals surface area contributed by atoms with Crippen molar-refractivity contribution >= 4 is 27.7 Å². The summed E-state index contributed by atoms with van der Waals surface area (Å²) in [5, 5.41) is 0. The molecule has 0 saturated heterocycles. The third-order valence-electron chi connectivity index (χ3n) is 2.57. The number of para-hydroxylation sites is 1. The number of rotatable bonds is 3. The van der Waals surface area contributed by atoms with Crippen LogP contribution >= 0.6 is 27.7 Å². The molecular weight excluding hydrogens is 296 g/mol. The summed E-state index contributed by atoms with van der Waals surface area (Å²) < 4.78 is 6.49. The molecule has 0 atom stereocenters. The molecule has 1 nitrogen and oxygen atoms in total. The van der Waals surface area contributed by atoms with E-state index in [0.717, 1.165) is 21.3 Å². The molecule has 2 aromatic carbocycles. The molecule has 0 saturated carbocycles. The standard InChI is InChI=1S/C14H13BrOS/c1-16-13-6-4-3-5-11(13)10-7-8-14(17-2)12(15)9-10/h3-9H,1-2H3. The van der Waals surface area contributed by atoms with Crippen LogP contribution in [0.5, 0.6) is 5.75 Å². The maximum absolute atomic E-state index is 5.38. The van der Waals surface area contributed by atoms with E-state index >= 15 is 0 Å². The van der Waals surface area contributed by atoms with Gasteiger partial charge in [-0.25, -0.2) is 0 Å². The summed E-state index contributed by atoms with van der Waals surface area (Å²) in [5.41, 5.74) is 2.27. The lowest BCUT2D eigenvalue weighted by molar-refractivity contribution is 0.416. The molecule has 2 aromatic rings. The molecule has 88 valence electrons. The lowest BCUT2D eigenvalue weighted by Gasteiger charge is -2.09. The van der Waals surface area contributed by atoms with Gasteiger partial charge in [-0.1, -0.05) is 24.3 Å². The predicted molar refractivity (Wildman–Crippen MR) is 77.9 cm³/mol. The van der Waals surface area contributed by atoms with Crippen molar-refractivity contribution in [1.29, 1.82) is 0 Å². The van der Waals surface area contributed by atoms with Crippen molar-refractivity contribution in [2.24, 2.45) is 0 Å². The van der Waals surface area contributed by atoms with Gasteiger partial charge in [0.1, 0.15) is 5.75 Å². The number of hydrogen-bond donors (Lipinski definition) is 0. The van der Waals surface area contributed by atoms with E-state index in [1.807, 2.05) is 18.2 Å². The number of methoxy groups -OCH3 is 1. The van der Waals surface area contributed by atoms with Gasteiger partial charge >= 0.3 is 0 Å². The summed E-state index contributed by atoms with van der Waals surface area (Å²) >= 11 is 5.32. The van der Waals surface area contributed by atoms with Crippen LogP contribution in [-0.4, -0.2) is 13.4 Å². The van der Waals surface area contributed by atoms with E-state index in [-0.39, 0.29) is 0 Å². The van der Waals surface area contributed by atoms with E-state index in [1.165, 1.54) is 4.90 Å². The van der Waals surface area contributed by atoms with Crippen molar-refractivity contribution in [3.8, 4) is 16.9 Å². The molecule has 2 rings (SSSR count). The first-order valence-electron chi connectivity index (χ1n) is 5.23. The van der Waals surface area contributed by atoms with Crippen LogP contribution in [0.15, 0.2) is 51.8 Å². The summed E-state index contributed by atoms with van der Waals surface area (Å²) in [4.78, 5) is 1.24.